The van der Waals surface area contributed by atoms with Crippen molar-refractivity contribution in [2.24, 2.45) is 0 Å². The maximum absolute atomic E-state index is 11.6. The summed E-state index contributed by atoms with van der Waals surface area (Å²) in [4.78, 5) is 13.9. The highest BCUT2D eigenvalue weighted by molar-refractivity contribution is 5.67. The largest absolute Gasteiger partial charge is 0.450 e. The van der Waals surface area contributed by atoms with E-state index >= 15 is 0 Å². The van der Waals surface area contributed by atoms with Crippen LogP contribution in [0.1, 0.15) is 37.3 Å². The fourth-order valence-corrected chi connectivity index (χ4v) is 3.03. The first-order valence-corrected chi connectivity index (χ1v) is 7.83. The second-order valence-electron chi connectivity index (χ2n) is 5.81. The maximum atomic E-state index is 11.6. The van der Waals surface area contributed by atoms with E-state index in [0.717, 1.165) is 25.9 Å². The summed E-state index contributed by atoms with van der Waals surface area (Å²) in [7, 11) is 2.10. The van der Waals surface area contributed by atoms with Gasteiger partial charge in [-0.1, -0.05) is 31.2 Å². The number of carbonyl (C=O) groups is 1. The van der Waals surface area contributed by atoms with Crippen molar-refractivity contribution >= 4 is 6.09 Å². The van der Waals surface area contributed by atoms with Crippen LogP contribution in [-0.4, -0.2) is 43.8 Å². The lowest BCUT2D eigenvalue weighted by atomic mass is 9.88. The minimum absolute atomic E-state index is 0.152. The molecule has 1 saturated heterocycles. The first-order chi connectivity index (χ1) is 10.1. The van der Waals surface area contributed by atoms with Gasteiger partial charge in [-0.05, 0) is 43.9 Å². The van der Waals surface area contributed by atoms with Gasteiger partial charge in [0.2, 0.25) is 0 Å². The van der Waals surface area contributed by atoms with Gasteiger partial charge in [-0.2, -0.15) is 0 Å². The third-order valence-electron chi connectivity index (χ3n) is 4.09. The normalized spacial score (nSPS) is 22.8. The minimum Gasteiger partial charge on any atom is -0.450 e. The van der Waals surface area contributed by atoms with Crippen molar-refractivity contribution < 1.29 is 9.53 Å². The van der Waals surface area contributed by atoms with Gasteiger partial charge in [0.15, 0.2) is 0 Å². The summed E-state index contributed by atoms with van der Waals surface area (Å²) in [6.07, 6.45) is 1.73. The van der Waals surface area contributed by atoms with Crippen molar-refractivity contribution in [1.82, 2.24) is 10.2 Å². The van der Waals surface area contributed by atoms with E-state index in [2.05, 4.69) is 48.5 Å². The van der Waals surface area contributed by atoms with Crippen molar-refractivity contribution in [1.29, 1.82) is 0 Å². The second kappa shape index (κ2) is 7.46. The van der Waals surface area contributed by atoms with Crippen LogP contribution in [0.25, 0.3) is 0 Å². The number of ether oxygens (including phenoxy) is 1. The van der Waals surface area contributed by atoms with Gasteiger partial charge >= 0.3 is 6.09 Å². The Morgan fingerprint density at radius 1 is 1.29 bits per heavy atom. The summed E-state index contributed by atoms with van der Waals surface area (Å²) in [6.45, 7) is 6.32. The molecule has 1 N–H and O–H groups in total. The molecule has 0 saturated carbocycles. The van der Waals surface area contributed by atoms with Gasteiger partial charge in [0.05, 0.1) is 6.61 Å². The molecule has 116 valence electrons. The van der Waals surface area contributed by atoms with Crippen LogP contribution < -0.4 is 5.32 Å². The van der Waals surface area contributed by atoms with Gasteiger partial charge < -0.3 is 15.0 Å². The summed E-state index contributed by atoms with van der Waals surface area (Å²) >= 11 is 0. The van der Waals surface area contributed by atoms with Gasteiger partial charge in [-0.25, -0.2) is 4.79 Å². The molecule has 0 spiro atoms. The fourth-order valence-electron chi connectivity index (χ4n) is 3.03. The second-order valence-corrected chi connectivity index (χ2v) is 5.81. The van der Waals surface area contributed by atoms with Crippen molar-refractivity contribution in [3.05, 3.63) is 35.4 Å². The van der Waals surface area contributed by atoms with E-state index in [0.29, 0.717) is 12.5 Å². The van der Waals surface area contributed by atoms with Crippen LogP contribution in [0.2, 0.25) is 0 Å². The zero-order valence-corrected chi connectivity index (χ0v) is 13.3. The van der Waals surface area contributed by atoms with Gasteiger partial charge in [0.25, 0.3) is 0 Å². The van der Waals surface area contributed by atoms with E-state index in [9.17, 15) is 4.79 Å². The first-order valence-electron chi connectivity index (χ1n) is 7.83. The predicted octanol–water partition coefficient (Wildman–Crippen LogP) is 2.78. The number of hydrogen-bond acceptors (Lipinski definition) is 3. The number of nitrogens with one attached hydrogen (secondary N) is 1. The number of nitrogens with zero attached hydrogens (tertiary/aromatic N) is 1. The molecule has 1 amide bonds. The van der Waals surface area contributed by atoms with Crippen LogP contribution in [0.15, 0.2) is 24.3 Å². The zero-order chi connectivity index (χ0) is 15.2. The lowest BCUT2D eigenvalue weighted by Gasteiger charge is -2.36. The van der Waals surface area contributed by atoms with Crippen molar-refractivity contribution in [3.63, 3.8) is 0 Å². The van der Waals surface area contributed by atoms with E-state index in [4.69, 9.17) is 4.74 Å². The Labute approximate surface area is 127 Å². The standard InChI is InChI=1S/C17H26N2O2/c1-4-13-6-8-14(9-7-13)15-10-16(12-19(3)11-15)18-17(20)21-5-2/h6-9,15-16H,4-5,10-12H2,1-3H3,(H,18,20). The Morgan fingerprint density at radius 3 is 2.62 bits per heavy atom. The van der Waals surface area contributed by atoms with Gasteiger partial charge in [0, 0.05) is 19.1 Å². The molecular weight excluding hydrogens is 264 g/mol. The lowest BCUT2D eigenvalue weighted by molar-refractivity contribution is 0.135. The molecule has 0 aromatic heterocycles. The van der Waals surface area contributed by atoms with Crippen LogP contribution in [0.4, 0.5) is 4.79 Å². The van der Waals surface area contributed by atoms with Gasteiger partial charge in [-0.3, -0.25) is 0 Å². The molecule has 1 aromatic carbocycles. The third-order valence-corrected chi connectivity index (χ3v) is 4.09. The van der Waals surface area contributed by atoms with Gasteiger partial charge in [0.1, 0.15) is 0 Å². The Balaban J connectivity index is 2.00. The molecule has 1 aliphatic heterocycles. The monoisotopic (exact) mass is 290 g/mol. The molecule has 4 heteroatoms. The summed E-state index contributed by atoms with van der Waals surface area (Å²) in [6, 6.07) is 9.02. The molecule has 2 unspecified atom stereocenters. The van der Waals surface area contributed by atoms with E-state index in [1.807, 2.05) is 6.92 Å². The molecule has 0 radical (unpaired) electrons. The van der Waals surface area contributed by atoms with E-state index in [1.54, 1.807) is 0 Å². The number of hydrogen-bond donors (Lipinski definition) is 1. The van der Waals surface area contributed by atoms with Crippen LogP contribution in [0, 0.1) is 0 Å². The molecule has 2 atom stereocenters. The number of aryl methyl sites for hydroxylation is 1. The van der Waals surface area contributed by atoms with E-state index in [1.165, 1.54) is 11.1 Å². The average Bonchev–Trinajstić information content (AvgIpc) is 2.47. The Morgan fingerprint density at radius 2 is 2.00 bits per heavy atom. The number of likely N-dealkylation sites (N-methyl/N-ethyl adjacent to an activating group) is 1. The SMILES string of the molecule is CCOC(=O)NC1CC(c2ccc(CC)cc2)CN(C)C1. The molecule has 4 nitrogen and oxygen atoms in total. The van der Waals surface area contributed by atoms with Crippen molar-refractivity contribution in [3.8, 4) is 0 Å². The smallest absolute Gasteiger partial charge is 0.407 e. The summed E-state index contributed by atoms with van der Waals surface area (Å²) in [5, 5.41) is 2.97. The topological polar surface area (TPSA) is 41.6 Å². The summed E-state index contributed by atoms with van der Waals surface area (Å²) in [5.41, 5.74) is 2.72. The van der Waals surface area contributed by atoms with Gasteiger partial charge in [-0.15, -0.1) is 0 Å². The third kappa shape index (κ3) is 4.46. The molecule has 1 aliphatic rings. The number of rotatable bonds is 4. The number of likely N-dealkylation sites (tertiary alicyclic amines) is 1. The first kappa shape index (κ1) is 15.8. The number of alkyl carbamates (subject to hydrolysis) is 1. The van der Waals surface area contributed by atoms with Crippen molar-refractivity contribution in [2.75, 3.05) is 26.7 Å². The number of benzene rings is 1. The van der Waals surface area contributed by atoms with Crippen LogP contribution in [0.3, 0.4) is 0 Å². The number of amides is 1. The number of piperidine rings is 1. The fraction of sp³-hybridized carbons (Fsp3) is 0.588. The van der Waals surface area contributed by atoms with E-state index in [-0.39, 0.29) is 12.1 Å². The zero-order valence-electron chi connectivity index (χ0n) is 13.3. The highest BCUT2D eigenvalue weighted by Crippen LogP contribution is 2.26. The maximum Gasteiger partial charge on any atom is 0.407 e. The molecule has 2 rings (SSSR count). The Bertz CT molecular complexity index is 458. The molecule has 1 aromatic rings. The predicted molar refractivity (Wildman–Crippen MR) is 84.6 cm³/mol. The molecule has 1 fully saturated rings. The Hall–Kier alpha value is -1.55. The van der Waals surface area contributed by atoms with Crippen LogP contribution >= 0.6 is 0 Å². The van der Waals surface area contributed by atoms with Crippen LogP contribution in [0.5, 0.6) is 0 Å². The highest BCUT2D eigenvalue weighted by atomic mass is 16.5. The van der Waals surface area contributed by atoms with Crippen LogP contribution in [-0.2, 0) is 11.2 Å². The summed E-state index contributed by atoms with van der Waals surface area (Å²) < 4.78 is 4.98. The van der Waals surface area contributed by atoms with E-state index < -0.39 is 0 Å². The quantitative estimate of drug-likeness (QED) is 0.927. The molecule has 1 heterocycles. The molecular formula is C17H26N2O2. The molecule has 21 heavy (non-hydrogen) atoms. The minimum atomic E-state index is -0.308. The number of carbonyl (C=O) groups excluding carboxylic acids is 1. The lowest BCUT2D eigenvalue weighted by Crippen LogP contribution is -2.48. The molecule has 0 aliphatic carbocycles. The highest BCUT2D eigenvalue weighted by Gasteiger charge is 2.27. The molecule has 0 bridgehead atoms. The average molecular weight is 290 g/mol. The Kier molecular flexibility index (Phi) is 5.62. The van der Waals surface area contributed by atoms with Crippen molar-refractivity contribution in [2.45, 2.75) is 38.6 Å². The summed E-state index contributed by atoms with van der Waals surface area (Å²) in [5.74, 6) is 0.460.